The molecule has 92 valence electrons. The molecule has 2 amide bonds. The van der Waals surface area contributed by atoms with Gasteiger partial charge in [0.05, 0.1) is 17.7 Å². The van der Waals surface area contributed by atoms with E-state index < -0.39 is 5.91 Å². The van der Waals surface area contributed by atoms with E-state index in [0.717, 1.165) is 11.9 Å². The van der Waals surface area contributed by atoms with Crippen LogP contribution in [-0.2, 0) is 9.59 Å². The fourth-order valence-corrected chi connectivity index (χ4v) is 1.83. The molecule has 0 heterocycles. The molecule has 4 N–H and O–H groups in total. The zero-order chi connectivity index (χ0) is 12.8. The predicted molar refractivity (Wildman–Crippen MR) is 65.6 cm³/mol. The SMILES string of the molecule is COc1c(SN)cccc1N(C=O)CC(N)=O. The van der Waals surface area contributed by atoms with Crippen LogP contribution in [0.15, 0.2) is 23.1 Å². The van der Waals surface area contributed by atoms with Gasteiger partial charge in [-0.15, -0.1) is 0 Å². The maximum Gasteiger partial charge on any atom is 0.237 e. The molecule has 7 heteroatoms. The lowest BCUT2D eigenvalue weighted by molar-refractivity contribution is -0.118. The quantitative estimate of drug-likeness (QED) is 0.555. The minimum absolute atomic E-state index is 0.210. The highest BCUT2D eigenvalue weighted by atomic mass is 32.2. The zero-order valence-corrected chi connectivity index (χ0v) is 10.1. The fraction of sp³-hybridized carbons (Fsp3) is 0.200. The van der Waals surface area contributed by atoms with E-state index in [0.29, 0.717) is 22.7 Å². The molecule has 0 aromatic heterocycles. The number of nitrogens with two attached hydrogens (primary N) is 2. The number of methoxy groups -OCH3 is 1. The number of anilines is 1. The normalized spacial score (nSPS) is 9.76. The fourth-order valence-electron chi connectivity index (χ4n) is 1.38. The summed E-state index contributed by atoms with van der Waals surface area (Å²) in [5.74, 6) is -0.168. The predicted octanol–water partition coefficient (Wildman–Crippen LogP) is 0.109. The number of nitrogens with zero attached hydrogens (tertiary/aromatic N) is 1. The Bertz CT molecular complexity index is 425. The number of benzene rings is 1. The topological polar surface area (TPSA) is 98.7 Å². The molecule has 0 radical (unpaired) electrons. The van der Waals surface area contributed by atoms with Crippen LogP contribution in [0.3, 0.4) is 0 Å². The molecule has 0 saturated heterocycles. The van der Waals surface area contributed by atoms with E-state index in [1.807, 2.05) is 0 Å². The molecule has 0 spiro atoms. The van der Waals surface area contributed by atoms with Crippen molar-refractivity contribution in [3.63, 3.8) is 0 Å². The van der Waals surface area contributed by atoms with Gasteiger partial charge in [0.1, 0.15) is 6.54 Å². The first-order valence-electron chi connectivity index (χ1n) is 4.68. The molecule has 0 fully saturated rings. The van der Waals surface area contributed by atoms with E-state index in [2.05, 4.69) is 0 Å². The monoisotopic (exact) mass is 255 g/mol. The summed E-state index contributed by atoms with van der Waals surface area (Å²) in [7, 11) is 1.46. The molecule has 17 heavy (non-hydrogen) atoms. The highest BCUT2D eigenvalue weighted by Gasteiger charge is 2.16. The van der Waals surface area contributed by atoms with Gasteiger partial charge in [0, 0.05) is 0 Å². The van der Waals surface area contributed by atoms with E-state index in [-0.39, 0.29) is 6.54 Å². The summed E-state index contributed by atoms with van der Waals surface area (Å²) in [5.41, 5.74) is 5.51. The van der Waals surface area contributed by atoms with E-state index >= 15 is 0 Å². The first-order valence-corrected chi connectivity index (χ1v) is 5.56. The standard InChI is InChI=1S/C10H13N3O3S/c1-16-10-7(3-2-4-8(10)17-12)13(6-14)5-9(11)15/h2-4,6H,5,12H2,1H3,(H2,11,15). The van der Waals surface area contributed by atoms with Gasteiger partial charge in [-0.05, 0) is 24.1 Å². The number of primary amides is 1. The van der Waals surface area contributed by atoms with Crippen molar-refractivity contribution in [2.45, 2.75) is 4.90 Å². The molecule has 1 rings (SSSR count). The molecule has 1 aromatic carbocycles. The lowest BCUT2D eigenvalue weighted by atomic mass is 10.2. The summed E-state index contributed by atoms with van der Waals surface area (Å²) in [6.07, 6.45) is 0.521. The summed E-state index contributed by atoms with van der Waals surface area (Å²) in [5, 5.41) is 5.48. The summed E-state index contributed by atoms with van der Waals surface area (Å²) < 4.78 is 5.18. The molecule has 0 aliphatic carbocycles. The number of hydrogen-bond acceptors (Lipinski definition) is 5. The molecule has 0 aliphatic heterocycles. The Morgan fingerprint density at radius 3 is 2.76 bits per heavy atom. The van der Waals surface area contributed by atoms with Crippen molar-refractivity contribution in [3.8, 4) is 5.75 Å². The van der Waals surface area contributed by atoms with Crippen LogP contribution < -0.4 is 20.5 Å². The molecule has 0 bridgehead atoms. The van der Waals surface area contributed by atoms with Gasteiger partial charge in [0.2, 0.25) is 12.3 Å². The van der Waals surface area contributed by atoms with Crippen LogP contribution in [0, 0.1) is 0 Å². The van der Waals surface area contributed by atoms with Crippen molar-refractivity contribution in [3.05, 3.63) is 18.2 Å². The Kier molecular flexibility index (Phi) is 4.80. The van der Waals surface area contributed by atoms with Crippen molar-refractivity contribution in [2.24, 2.45) is 10.9 Å². The second kappa shape index (κ2) is 6.12. The van der Waals surface area contributed by atoms with Gasteiger partial charge >= 0.3 is 0 Å². The van der Waals surface area contributed by atoms with Crippen LogP contribution >= 0.6 is 11.9 Å². The van der Waals surface area contributed by atoms with Crippen molar-refractivity contribution >= 4 is 30.0 Å². The maximum absolute atomic E-state index is 10.9. The smallest absolute Gasteiger partial charge is 0.237 e. The lowest BCUT2D eigenvalue weighted by Gasteiger charge is -2.19. The first kappa shape index (κ1) is 13.3. The maximum atomic E-state index is 10.9. The Balaban J connectivity index is 3.18. The third kappa shape index (κ3) is 3.11. The summed E-state index contributed by atoms with van der Waals surface area (Å²) in [6.45, 7) is -0.210. The van der Waals surface area contributed by atoms with Crippen LogP contribution in [0.1, 0.15) is 0 Å². The van der Waals surface area contributed by atoms with Crippen molar-refractivity contribution < 1.29 is 14.3 Å². The Labute approximate surface area is 103 Å². The average molecular weight is 255 g/mol. The number of rotatable bonds is 6. The van der Waals surface area contributed by atoms with E-state index in [9.17, 15) is 9.59 Å². The molecular weight excluding hydrogens is 242 g/mol. The highest BCUT2D eigenvalue weighted by Crippen LogP contribution is 2.35. The number of hydrogen-bond donors (Lipinski definition) is 2. The van der Waals surface area contributed by atoms with Crippen molar-refractivity contribution in [2.75, 3.05) is 18.6 Å². The average Bonchev–Trinajstić information content (AvgIpc) is 2.34. The summed E-state index contributed by atoms with van der Waals surface area (Å²) in [4.78, 5) is 23.6. The van der Waals surface area contributed by atoms with Gasteiger partial charge < -0.3 is 15.4 Å². The van der Waals surface area contributed by atoms with Crippen LogP contribution in [0.5, 0.6) is 5.75 Å². The van der Waals surface area contributed by atoms with E-state index in [1.54, 1.807) is 18.2 Å². The molecule has 6 nitrogen and oxygen atoms in total. The minimum Gasteiger partial charge on any atom is -0.493 e. The van der Waals surface area contributed by atoms with E-state index in [4.69, 9.17) is 15.6 Å². The van der Waals surface area contributed by atoms with Gasteiger partial charge in [0.25, 0.3) is 0 Å². The molecule has 1 aromatic rings. The lowest BCUT2D eigenvalue weighted by Crippen LogP contribution is -2.32. The third-order valence-electron chi connectivity index (χ3n) is 2.05. The first-order chi connectivity index (χ1) is 8.13. The Morgan fingerprint density at radius 2 is 2.29 bits per heavy atom. The largest absolute Gasteiger partial charge is 0.493 e. The molecular formula is C10H13N3O3S. The second-order valence-corrected chi connectivity index (χ2v) is 3.80. The zero-order valence-electron chi connectivity index (χ0n) is 9.25. The second-order valence-electron chi connectivity index (χ2n) is 3.13. The van der Waals surface area contributed by atoms with Crippen LogP contribution in [0.25, 0.3) is 0 Å². The van der Waals surface area contributed by atoms with Gasteiger partial charge in [-0.1, -0.05) is 6.07 Å². The molecule has 0 unspecified atom stereocenters. The van der Waals surface area contributed by atoms with Gasteiger partial charge in [-0.25, -0.2) is 0 Å². The number of amides is 2. The van der Waals surface area contributed by atoms with Crippen LogP contribution in [-0.4, -0.2) is 26.0 Å². The summed E-state index contributed by atoms with van der Waals surface area (Å²) >= 11 is 0.997. The van der Waals surface area contributed by atoms with Crippen molar-refractivity contribution in [1.29, 1.82) is 0 Å². The third-order valence-corrected chi connectivity index (χ3v) is 2.63. The van der Waals surface area contributed by atoms with Crippen molar-refractivity contribution in [1.82, 2.24) is 0 Å². The number of carbonyl (C=O) groups is 2. The highest BCUT2D eigenvalue weighted by molar-refractivity contribution is 7.97. The van der Waals surface area contributed by atoms with Crippen LogP contribution in [0.4, 0.5) is 5.69 Å². The van der Waals surface area contributed by atoms with E-state index in [1.165, 1.54) is 12.0 Å². The van der Waals surface area contributed by atoms with Gasteiger partial charge in [-0.3, -0.25) is 14.7 Å². The molecule has 0 atom stereocenters. The Morgan fingerprint density at radius 1 is 1.59 bits per heavy atom. The summed E-state index contributed by atoms with van der Waals surface area (Å²) in [6, 6.07) is 5.11. The van der Waals surface area contributed by atoms with Crippen LogP contribution in [0.2, 0.25) is 0 Å². The van der Waals surface area contributed by atoms with Gasteiger partial charge in [0.15, 0.2) is 5.75 Å². The Hall–Kier alpha value is -1.73. The van der Waals surface area contributed by atoms with Gasteiger partial charge in [-0.2, -0.15) is 0 Å². The molecule has 0 saturated carbocycles. The number of para-hydroxylation sites is 1. The minimum atomic E-state index is -0.607. The molecule has 0 aliphatic rings. The number of ether oxygens (including phenoxy) is 1. The number of carbonyl (C=O) groups excluding carboxylic acids is 2.